The van der Waals surface area contributed by atoms with Crippen LogP contribution in [0.2, 0.25) is 0 Å². The van der Waals surface area contributed by atoms with Gasteiger partial charge in [0.2, 0.25) is 0 Å². The molecular weight excluding hydrogens is 354 g/mol. The molecule has 0 spiro atoms. The van der Waals surface area contributed by atoms with Gasteiger partial charge in [0, 0.05) is 30.1 Å². The second kappa shape index (κ2) is 6.25. The third-order valence-corrected chi connectivity index (χ3v) is 6.07. The molecule has 3 aromatic heterocycles. The number of allylic oxidation sites excluding steroid dienone is 1. The van der Waals surface area contributed by atoms with Crippen molar-refractivity contribution < 1.29 is 9.63 Å². The Hall–Kier alpha value is -2.22. The maximum Gasteiger partial charge on any atom is 0.298 e. The van der Waals surface area contributed by atoms with E-state index >= 15 is 0 Å². The fraction of sp³-hybridized carbons (Fsp3) is 0.222. The van der Waals surface area contributed by atoms with Gasteiger partial charge in [-0.1, -0.05) is 12.2 Å². The minimum Gasteiger partial charge on any atom is -0.281 e. The van der Waals surface area contributed by atoms with Crippen LogP contribution in [0, 0.1) is 0 Å². The highest BCUT2D eigenvalue weighted by molar-refractivity contribution is 7.08. The third kappa shape index (κ3) is 2.55. The molecule has 0 saturated carbocycles. The smallest absolute Gasteiger partial charge is 0.281 e. The lowest BCUT2D eigenvalue weighted by molar-refractivity contribution is -0.0760. The van der Waals surface area contributed by atoms with Crippen LogP contribution in [0.5, 0.6) is 0 Å². The molecule has 0 unspecified atom stereocenters. The van der Waals surface area contributed by atoms with Crippen LogP contribution >= 0.6 is 22.7 Å². The van der Waals surface area contributed by atoms with E-state index in [2.05, 4.69) is 49.9 Å². The molecule has 5 nitrogen and oxygen atoms in total. The lowest BCUT2D eigenvalue weighted by Crippen LogP contribution is -2.30. The van der Waals surface area contributed by atoms with Crippen molar-refractivity contribution in [3.05, 3.63) is 67.8 Å². The van der Waals surface area contributed by atoms with Crippen LogP contribution in [-0.2, 0) is 16.7 Å². The summed E-state index contributed by atoms with van der Waals surface area (Å²) in [6.45, 7) is 0. The summed E-state index contributed by atoms with van der Waals surface area (Å²) >= 11 is 3.39. The highest BCUT2D eigenvalue weighted by Crippen LogP contribution is 2.43. The van der Waals surface area contributed by atoms with Gasteiger partial charge in [-0.3, -0.25) is 14.7 Å². The number of aromatic nitrogens is 2. The quantitative estimate of drug-likeness (QED) is 0.711. The Morgan fingerprint density at radius 3 is 2.52 bits per heavy atom. The number of fused-ring (bicyclic) bond motifs is 1. The van der Waals surface area contributed by atoms with Gasteiger partial charge in [0.1, 0.15) is 0 Å². The fourth-order valence-corrected chi connectivity index (χ4v) is 4.74. The molecule has 128 valence electrons. The van der Waals surface area contributed by atoms with Crippen molar-refractivity contribution in [2.45, 2.75) is 11.8 Å². The maximum absolute atomic E-state index is 12.4. The van der Waals surface area contributed by atoms with Crippen LogP contribution in [-0.4, -0.2) is 35.3 Å². The van der Waals surface area contributed by atoms with E-state index in [4.69, 9.17) is 4.84 Å². The van der Waals surface area contributed by atoms with E-state index in [0.717, 1.165) is 17.7 Å². The molecule has 1 aliphatic carbocycles. The summed E-state index contributed by atoms with van der Waals surface area (Å²) in [5.41, 5.74) is 4.48. The fourth-order valence-electron chi connectivity index (χ4n) is 3.26. The number of hydroxylamine groups is 2. The molecular formula is C18H17N3O2S2. The monoisotopic (exact) mass is 371 g/mol. The molecule has 0 fully saturated rings. The number of nitrogens with one attached hydrogen (secondary N) is 1. The van der Waals surface area contributed by atoms with Crippen molar-refractivity contribution in [2.75, 3.05) is 14.2 Å². The van der Waals surface area contributed by atoms with Gasteiger partial charge in [0.25, 0.3) is 5.91 Å². The minimum atomic E-state index is -0.261. The van der Waals surface area contributed by atoms with Crippen molar-refractivity contribution in [1.82, 2.24) is 15.3 Å². The van der Waals surface area contributed by atoms with E-state index in [-0.39, 0.29) is 11.3 Å². The van der Waals surface area contributed by atoms with Crippen molar-refractivity contribution in [3.63, 3.8) is 0 Å². The van der Waals surface area contributed by atoms with E-state index in [9.17, 15) is 4.79 Å². The van der Waals surface area contributed by atoms with Crippen LogP contribution in [0.3, 0.4) is 0 Å². The van der Waals surface area contributed by atoms with Crippen LogP contribution in [0.15, 0.2) is 39.7 Å². The molecule has 0 aromatic carbocycles. The molecule has 0 radical (unpaired) electrons. The number of aromatic amines is 1. The predicted octanol–water partition coefficient (Wildman–Crippen LogP) is 3.72. The summed E-state index contributed by atoms with van der Waals surface area (Å²) in [4.78, 5) is 17.4. The van der Waals surface area contributed by atoms with Gasteiger partial charge in [-0.15, -0.1) is 0 Å². The predicted molar refractivity (Wildman–Crippen MR) is 99.8 cm³/mol. The standard InChI is InChI=1S/C18H17N3O2S2/c1-21(23-2)17(22)16-14-3-6-18(9-15(14)19-20-16,12-4-7-24-10-12)13-5-8-25-11-13/h3-8,10-11H,9H2,1-2H3,(H,19,20). The van der Waals surface area contributed by atoms with E-state index in [1.807, 2.05) is 6.08 Å². The molecule has 0 bridgehead atoms. The number of amides is 1. The van der Waals surface area contributed by atoms with E-state index in [1.54, 1.807) is 29.7 Å². The zero-order valence-electron chi connectivity index (χ0n) is 13.9. The molecule has 3 aromatic rings. The van der Waals surface area contributed by atoms with Gasteiger partial charge in [0.05, 0.1) is 7.11 Å². The van der Waals surface area contributed by atoms with Gasteiger partial charge < -0.3 is 0 Å². The Balaban J connectivity index is 1.79. The first-order valence-electron chi connectivity index (χ1n) is 7.79. The molecule has 25 heavy (non-hydrogen) atoms. The Morgan fingerprint density at radius 2 is 1.96 bits per heavy atom. The number of thiophene rings is 2. The van der Waals surface area contributed by atoms with Crippen molar-refractivity contribution in [1.29, 1.82) is 0 Å². The molecule has 0 aliphatic heterocycles. The van der Waals surface area contributed by atoms with Crippen LogP contribution in [0.25, 0.3) is 6.08 Å². The van der Waals surface area contributed by atoms with Crippen molar-refractivity contribution >= 4 is 34.7 Å². The number of hydrogen-bond donors (Lipinski definition) is 1. The van der Waals surface area contributed by atoms with Gasteiger partial charge in [0.15, 0.2) is 5.69 Å². The Labute approximate surface area is 153 Å². The first kappa shape index (κ1) is 16.3. The number of rotatable bonds is 4. The van der Waals surface area contributed by atoms with E-state index in [0.29, 0.717) is 5.69 Å². The second-order valence-electron chi connectivity index (χ2n) is 5.96. The highest BCUT2D eigenvalue weighted by Gasteiger charge is 2.38. The number of hydrogen-bond acceptors (Lipinski definition) is 5. The largest absolute Gasteiger partial charge is 0.298 e. The molecule has 1 N–H and O–H groups in total. The van der Waals surface area contributed by atoms with Crippen molar-refractivity contribution in [3.8, 4) is 0 Å². The summed E-state index contributed by atoms with van der Waals surface area (Å²) < 4.78 is 0. The zero-order valence-corrected chi connectivity index (χ0v) is 15.5. The summed E-state index contributed by atoms with van der Waals surface area (Å²) in [5.74, 6) is -0.261. The zero-order chi connectivity index (χ0) is 17.4. The molecule has 0 atom stereocenters. The Morgan fingerprint density at radius 1 is 1.28 bits per heavy atom. The normalized spacial score (nSPS) is 15.1. The lowest BCUT2D eigenvalue weighted by atomic mass is 9.70. The molecule has 1 aliphatic rings. The second-order valence-corrected chi connectivity index (χ2v) is 7.52. The number of nitrogens with zero attached hydrogens (tertiary/aromatic N) is 2. The SMILES string of the molecule is CON(C)C(=O)c1n[nH]c2c1C=CC(c1ccsc1)(c1ccsc1)C2. The average Bonchev–Trinajstić information content (AvgIpc) is 3.40. The van der Waals surface area contributed by atoms with Crippen molar-refractivity contribution in [2.24, 2.45) is 0 Å². The third-order valence-electron chi connectivity index (χ3n) is 4.71. The van der Waals surface area contributed by atoms with Crippen LogP contribution in [0.4, 0.5) is 0 Å². The first-order chi connectivity index (χ1) is 12.2. The number of H-pyrrole nitrogens is 1. The molecule has 7 heteroatoms. The minimum absolute atomic E-state index is 0.229. The Bertz CT molecular complexity index is 876. The molecule has 3 heterocycles. The van der Waals surface area contributed by atoms with Crippen LogP contribution in [0.1, 0.15) is 32.9 Å². The first-order valence-corrected chi connectivity index (χ1v) is 9.68. The van der Waals surface area contributed by atoms with E-state index < -0.39 is 0 Å². The Kier molecular flexibility index (Phi) is 4.07. The van der Waals surface area contributed by atoms with Gasteiger partial charge >= 0.3 is 0 Å². The lowest BCUT2D eigenvalue weighted by Gasteiger charge is -2.32. The van der Waals surface area contributed by atoms with Gasteiger partial charge in [-0.2, -0.15) is 27.8 Å². The highest BCUT2D eigenvalue weighted by atomic mass is 32.1. The van der Waals surface area contributed by atoms with Crippen LogP contribution < -0.4 is 0 Å². The molecule has 4 rings (SSSR count). The summed E-state index contributed by atoms with van der Waals surface area (Å²) in [6.07, 6.45) is 4.94. The average molecular weight is 371 g/mol. The summed E-state index contributed by atoms with van der Waals surface area (Å²) in [5, 5.41) is 17.1. The van der Waals surface area contributed by atoms with E-state index in [1.165, 1.54) is 23.3 Å². The number of carbonyl (C=O) groups excluding carboxylic acids is 1. The maximum atomic E-state index is 12.4. The van der Waals surface area contributed by atoms with Gasteiger partial charge in [-0.05, 0) is 44.8 Å². The van der Waals surface area contributed by atoms with Gasteiger partial charge in [-0.25, -0.2) is 5.06 Å². The number of carbonyl (C=O) groups is 1. The topological polar surface area (TPSA) is 58.2 Å². The summed E-state index contributed by atoms with van der Waals surface area (Å²) in [7, 11) is 3.04. The molecule has 1 amide bonds. The molecule has 0 saturated heterocycles. The summed E-state index contributed by atoms with van der Waals surface area (Å²) in [6, 6.07) is 4.33.